The minimum absolute atomic E-state index is 0.196. The van der Waals surface area contributed by atoms with E-state index in [9.17, 15) is 14.4 Å². The monoisotopic (exact) mass is 382 g/mol. The fourth-order valence-corrected chi connectivity index (χ4v) is 2.79. The van der Waals surface area contributed by atoms with Crippen molar-refractivity contribution in [1.82, 2.24) is 0 Å². The quantitative estimate of drug-likeness (QED) is 0.715. The number of thiophene rings is 1. The van der Waals surface area contributed by atoms with Gasteiger partial charge >= 0.3 is 5.97 Å². The summed E-state index contributed by atoms with van der Waals surface area (Å²) in [4.78, 5) is 34.6. The average Bonchev–Trinajstić information content (AvgIpc) is 3.02. The summed E-state index contributed by atoms with van der Waals surface area (Å²) in [5.74, 6) is -1.62. The molecule has 2 amide bonds. The molecule has 0 aliphatic rings. The second-order valence-corrected chi connectivity index (χ2v) is 6.28. The number of ether oxygens (including phenoxy) is 2. The summed E-state index contributed by atoms with van der Waals surface area (Å²) in [6.07, 6.45) is 0. The lowest BCUT2D eigenvalue weighted by Gasteiger charge is -2.09. The molecule has 0 spiro atoms. The number of carbonyl (C=O) groups excluding carboxylic acids is 3. The van der Waals surface area contributed by atoms with Crippen molar-refractivity contribution < 1.29 is 23.9 Å². The fourth-order valence-electron chi connectivity index (χ4n) is 1.81. The molecule has 2 rings (SSSR count). The van der Waals surface area contributed by atoms with Gasteiger partial charge < -0.3 is 20.5 Å². The van der Waals surface area contributed by atoms with Gasteiger partial charge in [-0.1, -0.05) is 17.7 Å². The van der Waals surface area contributed by atoms with E-state index in [2.05, 4.69) is 5.32 Å². The first-order valence-corrected chi connectivity index (χ1v) is 8.34. The van der Waals surface area contributed by atoms with E-state index >= 15 is 0 Å². The van der Waals surface area contributed by atoms with E-state index in [-0.39, 0.29) is 12.2 Å². The molecule has 132 valence electrons. The second kappa shape index (κ2) is 8.50. The van der Waals surface area contributed by atoms with E-state index in [0.717, 1.165) is 16.9 Å². The van der Waals surface area contributed by atoms with Crippen LogP contribution in [0.2, 0.25) is 5.02 Å². The molecule has 0 saturated heterocycles. The van der Waals surface area contributed by atoms with Gasteiger partial charge in [0, 0.05) is 0 Å². The molecule has 0 aliphatic carbocycles. The number of nitrogens with two attached hydrogens (primary N) is 1. The molecule has 0 bridgehead atoms. The maximum absolute atomic E-state index is 11.8. The van der Waals surface area contributed by atoms with Gasteiger partial charge in [0.1, 0.15) is 10.8 Å². The lowest BCUT2D eigenvalue weighted by Crippen LogP contribution is -2.24. The van der Waals surface area contributed by atoms with Gasteiger partial charge in [-0.25, -0.2) is 4.79 Å². The first-order valence-electron chi connectivity index (χ1n) is 7.08. The number of benzene rings is 1. The van der Waals surface area contributed by atoms with Crippen LogP contribution in [0, 0.1) is 6.92 Å². The maximum atomic E-state index is 11.8. The highest BCUT2D eigenvalue weighted by molar-refractivity contribution is 7.14. The van der Waals surface area contributed by atoms with Crippen LogP contribution in [0.5, 0.6) is 5.75 Å². The van der Waals surface area contributed by atoms with E-state index < -0.39 is 24.4 Å². The van der Waals surface area contributed by atoms with Crippen LogP contribution in [-0.2, 0) is 14.3 Å². The number of hydrogen-bond donors (Lipinski definition) is 2. The van der Waals surface area contributed by atoms with Crippen molar-refractivity contribution in [3.63, 3.8) is 0 Å². The van der Waals surface area contributed by atoms with Crippen LogP contribution in [-0.4, -0.2) is 31.0 Å². The minimum Gasteiger partial charge on any atom is -0.480 e. The molecular weight excluding hydrogens is 368 g/mol. The van der Waals surface area contributed by atoms with Crippen LogP contribution in [0.4, 0.5) is 5.00 Å². The van der Waals surface area contributed by atoms with Crippen LogP contribution in [0.3, 0.4) is 0 Å². The molecule has 0 saturated carbocycles. The molecule has 7 nitrogen and oxygen atoms in total. The third-order valence-corrected chi connectivity index (χ3v) is 4.12. The van der Waals surface area contributed by atoms with Gasteiger partial charge in [-0.2, -0.15) is 0 Å². The Labute approximate surface area is 152 Å². The Morgan fingerprint density at radius 3 is 2.72 bits per heavy atom. The Balaban J connectivity index is 1.79. The molecule has 3 N–H and O–H groups in total. The summed E-state index contributed by atoms with van der Waals surface area (Å²) in [6.45, 7) is 0.957. The van der Waals surface area contributed by atoms with Crippen LogP contribution in [0.1, 0.15) is 15.9 Å². The van der Waals surface area contributed by atoms with Crippen molar-refractivity contribution in [2.75, 3.05) is 18.5 Å². The molecule has 2 aromatic rings. The van der Waals surface area contributed by atoms with Crippen LogP contribution >= 0.6 is 22.9 Å². The highest BCUT2D eigenvalue weighted by Gasteiger charge is 2.14. The van der Waals surface area contributed by atoms with E-state index in [4.69, 9.17) is 26.8 Å². The SMILES string of the molecule is Cc1ccc(Cl)c(OCC(=O)OCC(=O)Nc2sccc2C(N)=O)c1. The molecule has 0 atom stereocenters. The Bertz CT molecular complexity index is 806. The molecule has 1 aromatic carbocycles. The van der Waals surface area contributed by atoms with Crippen molar-refractivity contribution in [1.29, 1.82) is 0 Å². The van der Waals surface area contributed by atoms with E-state index in [1.165, 1.54) is 6.07 Å². The minimum atomic E-state index is -0.728. The van der Waals surface area contributed by atoms with Gasteiger partial charge in [-0.3, -0.25) is 9.59 Å². The van der Waals surface area contributed by atoms with Gasteiger partial charge in [-0.05, 0) is 36.1 Å². The molecule has 1 heterocycles. The lowest BCUT2D eigenvalue weighted by molar-refractivity contribution is -0.149. The van der Waals surface area contributed by atoms with Gasteiger partial charge in [0.25, 0.3) is 11.8 Å². The zero-order chi connectivity index (χ0) is 18.4. The Kier molecular flexibility index (Phi) is 6.37. The Hall–Kier alpha value is -2.58. The van der Waals surface area contributed by atoms with Crippen molar-refractivity contribution in [2.45, 2.75) is 6.92 Å². The Morgan fingerprint density at radius 1 is 1.24 bits per heavy atom. The third-order valence-electron chi connectivity index (χ3n) is 2.98. The Morgan fingerprint density at radius 2 is 2.00 bits per heavy atom. The largest absolute Gasteiger partial charge is 0.480 e. The van der Waals surface area contributed by atoms with Gasteiger partial charge in [0.15, 0.2) is 13.2 Å². The van der Waals surface area contributed by atoms with Crippen LogP contribution in [0.25, 0.3) is 0 Å². The number of aryl methyl sites for hydroxylation is 1. The van der Waals surface area contributed by atoms with Gasteiger partial charge in [0.2, 0.25) is 0 Å². The number of hydrogen-bond acceptors (Lipinski definition) is 6. The van der Waals surface area contributed by atoms with Gasteiger partial charge in [0.05, 0.1) is 10.6 Å². The summed E-state index contributed by atoms with van der Waals surface area (Å²) >= 11 is 7.09. The lowest BCUT2D eigenvalue weighted by atomic mass is 10.2. The zero-order valence-electron chi connectivity index (χ0n) is 13.2. The molecule has 25 heavy (non-hydrogen) atoms. The highest BCUT2D eigenvalue weighted by atomic mass is 35.5. The standard InChI is InChI=1S/C16H15ClN2O5S/c1-9-2-3-11(17)12(6-9)23-8-14(21)24-7-13(20)19-16-10(15(18)22)4-5-25-16/h2-6H,7-8H2,1H3,(H2,18,22)(H,19,20). The molecular formula is C16H15ClN2O5S. The number of nitrogens with one attached hydrogen (secondary N) is 1. The normalized spacial score (nSPS) is 10.2. The molecule has 0 fully saturated rings. The average molecular weight is 383 g/mol. The number of carbonyl (C=O) groups is 3. The second-order valence-electron chi connectivity index (χ2n) is 4.96. The van der Waals surface area contributed by atoms with Crippen molar-refractivity contribution in [2.24, 2.45) is 5.73 Å². The number of esters is 1. The number of rotatable bonds is 7. The summed E-state index contributed by atoms with van der Waals surface area (Å²) in [5.41, 5.74) is 6.30. The number of halogens is 1. The summed E-state index contributed by atoms with van der Waals surface area (Å²) in [7, 11) is 0. The summed E-state index contributed by atoms with van der Waals surface area (Å²) < 4.78 is 10.1. The summed E-state index contributed by atoms with van der Waals surface area (Å²) in [6, 6.07) is 6.64. The number of primary amides is 1. The van der Waals surface area contributed by atoms with Crippen LogP contribution < -0.4 is 15.8 Å². The molecule has 0 aliphatic heterocycles. The smallest absolute Gasteiger partial charge is 0.344 e. The topological polar surface area (TPSA) is 108 Å². The highest BCUT2D eigenvalue weighted by Crippen LogP contribution is 2.25. The molecule has 9 heteroatoms. The predicted octanol–water partition coefficient (Wildman–Crippen LogP) is 2.37. The first kappa shape index (κ1) is 18.8. The zero-order valence-corrected chi connectivity index (χ0v) is 14.8. The van der Waals surface area contributed by atoms with E-state index in [1.807, 2.05) is 13.0 Å². The molecule has 0 radical (unpaired) electrons. The molecule has 1 aromatic heterocycles. The van der Waals surface area contributed by atoms with Crippen LogP contribution in [0.15, 0.2) is 29.6 Å². The first-order chi connectivity index (χ1) is 11.9. The van der Waals surface area contributed by atoms with Crippen molar-refractivity contribution in [3.05, 3.63) is 45.8 Å². The van der Waals surface area contributed by atoms with Gasteiger partial charge in [-0.15, -0.1) is 11.3 Å². The van der Waals surface area contributed by atoms with E-state index in [1.54, 1.807) is 17.5 Å². The fraction of sp³-hybridized carbons (Fsp3) is 0.188. The summed E-state index contributed by atoms with van der Waals surface area (Å²) in [5, 5.41) is 4.74. The number of amides is 2. The maximum Gasteiger partial charge on any atom is 0.344 e. The number of anilines is 1. The predicted molar refractivity (Wildman–Crippen MR) is 94.1 cm³/mol. The van der Waals surface area contributed by atoms with Crippen molar-refractivity contribution >= 4 is 45.7 Å². The van der Waals surface area contributed by atoms with Crippen molar-refractivity contribution in [3.8, 4) is 5.75 Å². The van der Waals surface area contributed by atoms with E-state index in [0.29, 0.717) is 15.8 Å². The molecule has 0 unspecified atom stereocenters. The third kappa shape index (κ3) is 5.47.